The molecule has 2 aromatic carbocycles. The monoisotopic (exact) mass is 393 g/mol. The summed E-state index contributed by atoms with van der Waals surface area (Å²) in [6, 6.07) is 14.2. The Morgan fingerprint density at radius 3 is 2.38 bits per heavy atom. The van der Waals surface area contributed by atoms with Gasteiger partial charge in [-0.2, -0.15) is 0 Å². The number of nitrogens with one attached hydrogen (secondary N) is 1. The third-order valence-corrected chi connectivity index (χ3v) is 4.58. The zero-order valence-corrected chi connectivity index (χ0v) is 16.5. The van der Waals surface area contributed by atoms with Gasteiger partial charge in [0.25, 0.3) is 0 Å². The minimum absolute atomic E-state index is 0.0210. The molecule has 0 atom stereocenters. The van der Waals surface area contributed by atoms with Gasteiger partial charge in [-0.05, 0) is 44.2 Å². The molecule has 0 aliphatic heterocycles. The van der Waals surface area contributed by atoms with Crippen LogP contribution in [0, 0.1) is 6.92 Å². The van der Waals surface area contributed by atoms with Crippen molar-refractivity contribution in [3.8, 4) is 5.75 Å². The SMILES string of the molecule is CCOc1ccc(C(=O)CCC(=O)OCC(=O)c2c(C)[nH]c3ccccc23)cc1. The smallest absolute Gasteiger partial charge is 0.306 e. The van der Waals surface area contributed by atoms with Crippen molar-refractivity contribution in [3.63, 3.8) is 0 Å². The molecule has 1 aromatic heterocycles. The van der Waals surface area contributed by atoms with Crippen molar-refractivity contribution in [3.05, 3.63) is 65.4 Å². The molecular formula is C23H23NO5. The molecule has 6 heteroatoms. The molecule has 150 valence electrons. The lowest BCUT2D eigenvalue weighted by Crippen LogP contribution is -2.15. The Balaban J connectivity index is 1.51. The lowest BCUT2D eigenvalue weighted by Gasteiger charge is -2.06. The molecule has 6 nitrogen and oxygen atoms in total. The maximum Gasteiger partial charge on any atom is 0.306 e. The zero-order chi connectivity index (χ0) is 20.8. The number of ether oxygens (including phenoxy) is 2. The topological polar surface area (TPSA) is 85.5 Å². The van der Waals surface area contributed by atoms with Crippen LogP contribution in [0.4, 0.5) is 0 Å². The molecule has 1 heterocycles. The minimum atomic E-state index is -0.574. The van der Waals surface area contributed by atoms with Crippen molar-refractivity contribution in [2.75, 3.05) is 13.2 Å². The van der Waals surface area contributed by atoms with E-state index in [1.165, 1.54) is 0 Å². The Kier molecular flexibility index (Phi) is 6.44. The fourth-order valence-electron chi connectivity index (χ4n) is 3.19. The van der Waals surface area contributed by atoms with Crippen LogP contribution in [0.25, 0.3) is 10.9 Å². The lowest BCUT2D eigenvalue weighted by molar-refractivity contribution is -0.142. The van der Waals surface area contributed by atoms with E-state index in [-0.39, 0.29) is 31.0 Å². The van der Waals surface area contributed by atoms with E-state index in [0.29, 0.717) is 23.5 Å². The number of aromatic nitrogens is 1. The largest absolute Gasteiger partial charge is 0.494 e. The Hall–Kier alpha value is -3.41. The second kappa shape index (κ2) is 9.19. The predicted molar refractivity (Wildman–Crippen MR) is 110 cm³/mol. The minimum Gasteiger partial charge on any atom is -0.494 e. The number of aryl methyl sites for hydroxylation is 1. The summed E-state index contributed by atoms with van der Waals surface area (Å²) in [5.41, 5.74) is 2.63. The van der Waals surface area contributed by atoms with E-state index in [2.05, 4.69) is 4.98 Å². The van der Waals surface area contributed by atoms with E-state index in [0.717, 1.165) is 16.6 Å². The summed E-state index contributed by atoms with van der Waals surface area (Å²) in [6.45, 7) is 3.90. The molecule has 0 spiro atoms. The summed E-state index contributed by atoms with van der Waals surface area (Å²) >= 11 is 0. The van der Waals surface area contributed by atoms with Crippen LogP contribution in [0.2, 0.25) is 0 Å². The number of fused-ring (bicyclic) bond motifs is 1. The zero-order valence-electron chi connectivity index (χ0n) is 16.5. The number of esters is 1. The van der Waals surface area contributed by atoms with Crippen molar-refractivity contribution in [2.24, 2.45) is 0 Å². The second-order valence-corrected chi connectivity index (χ2v) is 6.64. The first kappa shape index (κ1) is 20.3. The first-order valence-electron chi connectivity index (χ1n) is 9.51. The number of H-pyrrole nitrogens is 1. The molecule has 0 bridgehead atoms. The second-order valence-electron chi connectivity index (χ2n) is 6.64. The molecule has 1 N–H and O–H groups in total. The van der Waals surface area contributed by atoms with Crippen LogP contribution < -0.4 is 4.74 Å². The van der Waals surface area contributed by atoms with E-state index in [1.54, 1.807) is 24.3 Å². The standard InChI is InChI=1S/C23H23NO5/c1-3-28-17-10-8-16(9-11-17)20(25)12-13-22(27)29-14-21(26)23-15(2)24-19-7-5-4-6-18(19)23/h4-11,24H,3,12-14H2,1-2H3. The van der Waals surface area contributed by atoms with Gasteiger partial charge in [-0.3, -0.25) is 14.4 Å². The van der Waals surface area contributed by atoms with Crippen LogP contribution in [0.1, 0.15) is 46.2 Å². The number of rotatable bonds is 9. The Morgan fingerprint density at radius 2 is 1.66 bits per heavy atom. The van der Waals surface area contributed by atoms with E-state index >= 15 is 0 Å². The van der Waals surface area contributed by atoms with Gasteiger partial charge in [-0.1, -0.05) is 18.2 Å². The number of carbonyl (C=O) groups excluding carboxylic acids is 3. The van der Waals surface area contributed by atoms with Crippen molar-refractivity contribution < 1.29 is 23.9 Å². The van der Waals surface area contributed by atoms with Crippen LogP contribution in [0.15, 0.2) is 48.5 Å². The van der Waals surface area contributed by atoms with E-state index in [4.69, 9.17) is 9.47 Å². The van der Waals surface area contributed by atoms with Crippen LogP contribution in [0.3, 0.4) is 0 Å². The number of Topliss-reactive ketones (excluding diaryl/α,β-unsaturated/α-hetero) is 2. The highest BCUT2D eigenvalue weighted by Gasteiger charge is 2.18. The summed E-state index contributed by atoms with van der Waals surface area (Å²) in [5.74, 6) is -0.320. The van der Waals surface area contributed by atoms with Gasteiger partial charge in [0.1, 0.15) is 5.75 Å². The maximum atomic E-state index is 12.5. The molecule has 0 radical (unpaired) electrons. The molecular weight excluding hydrogens is 370 g/mol. The normalized spacial score (nSPS) is 10.7. The van der Waals surface area contributed by atoms with Crippen LogP contribution >= 0.6 is 0 Å². The van der Waals surface area contributed by atoms with E-state index < -0.39 is 5.97 Å². The first-order chi connectivity index (χ1) is 14.0. The van der Waals surface area contributed by atoms with Gasteiger partial charge >= 0.3 is 5.97 Å². The number of hydrogen-bond donors (Lipinski definition) is 1. The van der Waals surface area contributed by atoms with Crippen molar-refractivity contribution in [1.82, 2.24) is 4.98 Å². The number of para-hydroxylation sites is 1. The van der Waals surface area contributed by atoms with Gasteiger partial charge in [0.05, 0.1) is 13.0 Å². The van der Waals surface area contributed by atoms with Gasteiger partial charge in [-0.15, -0.1) is 0 Å². The van der Waals surface area contributed by atoms with E-state index in [9.17, 15) is 14.4 Å². The summed E-state index contributed by atoms with van der Waals surface area (Å²) in [5, 5.41) is 0.803. The molecule has 0 aliphatic carbocycles. The lowest BCUT2D eigenvalue weighted by atomic mass is 10.1. The molecule has 0 aliphatic rings. The number of ketones is 2. The highest BCUT2D eigenvalue weighted by Crippen LogP contribution is 2.22. The average Bonchev–Trinajstić information content (AvgIpc) is 3.06. The molecule has 3 aromatic rings. The molecule has 0 saturated heterocycles. The highest BCUT2D eigenvalue weighted by molar-refractivity contribution is 6.10. The number of benzene rings is 2. The summed E-state index contributed by atoms with van der Waals surface area (Å²) in [4.78, 5) is 39.9. The summed E-state index contributed by atoms with van der Waals surface area (Å²) in [7, 11) is 0. The molecule has 0 fully saturated rings. The van der Waals surface area contributed by atoms with Gasteiger partial charge in [0.15, 0.2) is 12.4 Å². The van der Waals surface area contributed by atoms with Crippen LogP contribution in [-0.2, 0) is 9.53 Å². The third-order valence-electron chi connectivity index (χ3n) is 4.58. The average molecular weight is 393 g/mol. The van der Waals surface area contributed by atoms with Gasteiger partial charge < -0.3 is 14.5 Å². The van der Waals surface area contributed by atoms with E-state index in [1.807, 2.05) is 38.1 Å². The van der Waals surface area contributed by atoms with Crippen molar-refractivity contribution in [2.45, 2.75) is 26.7 Å². The third kappa shape index (κ3) is 4.90. The molecule has 0 amide bonds. The fraction of sp³-hybridized carbons (Fsp3) is 0.261. The van der Waals surface area contributed by atoms with Gasteiger partial charge in [-0.25, -0.2) is 0 Å². The Morgan fingerprint density at radius 1 is 0.931 bits per heavy atom. The number of carbonyl (C=O) groups is 3. The Labute approximate surface area is 168 Å². The number of hydrogen-bond acceptors (Lipinski definition) is 5. The summed E-state index contributed by atoms with van der Waals surface area (Å²) < 4.78 is 10.4. The van der Waals surface area contributed by atoms with Crippen molar-refractivity contribution >= 4 is 28.4 Å². The quantitative estimate of drug-likeness (QED) is 0.434. The van der Waals surface area contributed by atoms with Gasteiger partial charge in [0, 0.05) is 34.1 Å². The van der Waals surface area contributed by atoms with Crippen LogP contribution in [0.5, 0.6) is 5.75 Å². The molecule has 0 saturated carbocycles. The molecule has 3 rings (SSSR count). The van der Waals surface area contributed by atoms with Crippen LogP contribution in [-0.4, -0.2) is 35.7 Å². The fourth-order valence-corrected chi connectivity index (χ4v) is 3.19. The first-order valence-corrected chi connectivity index (χ1v) is 9.51. The number of aromatic amines is 1. The summed E-state index contributed by atoms with van der Waals surface area (Å²) in [6.07, 6.45) is -0.0562. The van der Waals surface area contributed by atoms with Gasteiger partial charge in [0.2, 0.25) is 5.78 Å². The maximum absolute atomic E-state index is 12.5. The molecule has 0 unspecified atom stereocenters. The Bertz CT molecular complexity index is 1030. The van der Waals surface area contributed by atoms with Crippen molar-refractivity contribution in [1.29, 1.82) is 0 Å². The highest BCUT2D eigenvalue weighted by atomic mass is 16.5. The predicted octanol–water partition coefficient (Wildman–Crippen LogP) is 4.26. The molecule has 29 heavy (non-hydrogen) atoms.